The van der Waals surface area contributed by atoms with Gasteiger partial charge >= 0.3 is 0 Å². The lowest BCUT2D eigenvalue weighted by atomic mass is 10.2. The smallest absolute Gasteiger partial charge is 0.0550 e. The van der Waals surface area contributed by atoms with Crippen LogP contribution in [0, 0.1) is 0 Å². The largest absolute Gasteiger partial charge is 0.393 e. The zero-order chi connectivity index (χ0) is 7.40. The van der Waals surface area contributed by atoms with E-state index in [2.05, 4.69) is 6.26 Å². The van der Waals surface area contributed by atoms with Crippen LogP contribution in [0.2, 0.25) is 0 Å². The maximum atomic E-state index is 9.38. The van der Waals surface area contributed by atoms with E-state index in [-0.39, 0.29) is 6.10 Å². The van der Waals surface area contributed by atoms with Crippen LogP contribution in [0.3, 0.4) is 0 Å². The Morgan fingerprint density at radius 3 is 2.70 bits per heavy atom. The molecule has 1 aliphatic rings. The third kappa shape index (κ3) is 2.51. The lowest BCUT2D eigenvalue weighted by Gasteiger charge is -2.12. The first-order valence-electron chi connectivity index (χ1n) is 4.04. The van der Waals surface area contributed by atoms with Crippen molar-refractivity contribution in [3.63, 3.8) is 0 Å². The molecule has 0 saturated heterocycles. The Kier molecular flexibility index (Phi) is 3.57. The number of rotatable bonds is 1. The van der Waals surface area contributed by atoms with Crippen LogP contribution in [0.1, 0.15) is 32.1 Å². The molecule has 2 unspecified atom stereocenters. The zero-order valence-corrected chi connectivity index (χ0v) is 7.36. The summed E-state index contributed by atoms with van der Waals surface area (Å²) in [5.74, 6) is 0. The molecule has 0 amide bonds. The molecule has 2 atom stereocenters. The Balaban J connectivity index is 2.30. The van der Waals surface area contributed by atoms with Gasteiger partial charge in [-0.15, -0.1) is 0 Å². The topological polar surface area (TPSA) is 20.2 Å². The van der Waals surface area contributed by atoms with Gasteiger partial charge in [0.05, 0.1) is 6.10 Å². The molecule has 1 fully saturated rings. The molecule has 1 saturated carbocycles. The van der Waals surface area contributed by atoms with Crippen LogP contribution >= 0.6 is 11.8 Å². The number of hydrogen-bond donors (Lipinski definition) is 1. The molecule has 1 nitrogen and oxygen atoms in total. The first-order chi connectivity index (χ1) is 4.83. The fraction of sp³-hybridized carbons (Fsp3) is 1.00. The highest BCUT2D eigenvalue weighted by molar-refractivity contribution is 7.99. The van der Waals surface area contributed by atoms with E-state index < -0.39 is 0 Å². The van der Waals surface area contributed by atoms with Crippen LogP contribution < -0.4 is 0 Å². The highest BCUT2D eigenvalue weighted by Crippen LogP contribution is 2.25. The van der Waals surface area contributed by atoms with Gasteiger partial charge in [-0.05, 0) is 25.5 Å². The zero-order valence-electron chi connectivity index (χ0n) is 6.55. The highest BCUT2D eigenvalue weighted by Gasteiger charge is 2.16. The van der Waals surface area contributed by atoms with Crippen molar-refractivity contribution in [3.8, 4) is 0 Å². The summed E-state index contributed by atoms with van der Waals surface area (Å²) in [5, 5.41) is 10.1. The second-order valence-electron chi connectivity index (χ2n) is 3.03. The molecule has 0 aromatic rings. The molecule has 1 rings (SSSR count). The summed E-state index contributed by atoms with van der Waals surface area (Å²) < 4.78 is 0. The number of thioether (sulfide) groups is 1. The van der Waals surface area contributed by atoms with Gasteiger partial charge in [-0.25, -0.2) is 0 Å². The van der Waals surface area contributed by atoms with Crippen LogP contribution in [0.15, 0.2) is 0 Å². The fourth-order valence-corrected chi connectivity index (χ4v) is 2.32. The maximum absolute atomic E-state index is 9.38. The highest BCUT2D eigenvalue weighted by atomic mass is 32.2. The van der Waals surface area contributed by atoms with Crippen LogP contribution in [0.5, 0.6) is 0 Å². The van der Waals surface area contributed by atoms with Crippen molar-refractivity contribution < 1.29 is 5.11 Å². The predicted molar refractivity (Wildman–Crippen MR) is 46.4 cm³/mol. The monoisotopic (exact) mass is 160 g/mol. The van der Waals surface area contributed by atoms with Gasteiger partial charge in [0, 0.05) is 5.25 Å². The van der Waals surface area contributed by atoms with Crippen molar-refractivity contribution in [1.29, 1.82) is 0 Å². The number of aliphatic hydroxyl groups excluding tert-OH is 1. The van der Waals surface area contributed by atoms with E-state index >= 15 is 0 Å². The van der Waals surface area contributed by atoms with E-state index in [4.69, 9.17) is 0 Å². The summed E-state index contributed by atoms with van der Waals surface area (Å²) in [5.41, 5.74) is 0. The molecular formula is C8H16OS. The molecule has 1 N–H and O–H groups in total. The fourth-order valence-electron chi connectivity index (χ4n) is 1.51. The van der Waals surface area contributed by atoms with Gasteiger partial charge < -0.3 is 5.11 Å². The van der Waals surface area contributed by atoms with Gasteiger partial charge in [0.1, 0.15) is 0 Å². The van der Waals surface area contributed by atoms with Crippen LogP contribution in [-0.4, -0.2) is 22.7 Å². The van der Waals surface area contributed by atoms with E-state index in [1.165, 1.54) is 19.3 Å². The normalized spacial score (nSPS) is 35.4. The average Bonchev–Trinajstić information content (AvgIpc) is 2.13. The van der Waals surface area contributed by atoms with Crippen molar-refractivity contribution in [3.05, 3.63) is 0 Å². The van der Waals surface area contributed by atoms with E-state index in [0.717, 1.165) is 18.1 Å². The Bertz CT molecular complexity index is 95.3. The molecule has 10 heavy (non-hydrogen) atoms. The molecule has 60 valence electrons. The molecule has 1 aliphatic carbocycles. The summed E-state index contributed by atoms with van der Waals surface area (Å²) in [6.07, 6.45) is 8.00. The van der Waals surface area contributed by atoms with Crippen molar-refractivity contribution in [2.45, 2.75) is 43.5 Å². The molecule has 2 heteroatoms. The standard InChI is InChI=1S/C8H16OS/c1-10-8-5-3-2-4-7(9)6-8/h7-9H,2-6H2,1H3. The van der Waals surface area contributed by atoms with Crippen LogP contribution in [0.4, 0.5) is 0 Å². The molecule has 0 heterocycles. The quantitative estimate of drug-likeness (QED) is 0.592. The first kappa shape index (κ1) is 8.41. The summed E-state index contributed by atoms with van der Waals surface area (Å²) in [6, 6.07) is 0. The Hall–Kier alpha value is 0.310. The third-order valence-corrected chi connectivity index (χ3v) is 3.28. The van der Waals surface area contributed by atoms with E-state index in [1.807, 2.05) is 11.8 Å². The molecule has 0 bridgehead atoms. The average molecular weight is 160 g/mol. The predicted octanol–water partition coefficient (Wildman–Crippen LogP) is 2.04. The molecule has 0 aliphatic heterocycles. The van der Waals surface area contributed by atoms with Crippen LogP contribution in [0.25, 0.3) is 0 Å². The van der Waals surface area contributed by atoms with Gasteiger partial charge in [0.2, 0.25) is 0 Å². The van der Waals surface area contributed by atoms with E-state index in [0.29, 0.717) is 0 Å². The van der Waals surface area contributed by atoms with Gasteiger partial charge in [0.25, 0.3) is 0 Å². The molecule has 0 radical (unpaired) electrons. The minimum Gasteiger partial charge on any atom is -0.393 e. The van der Waals surface area contributed by atoms with Gasteiger partial charge in [-0.2, -0.15) is 11.8 Å². The minimum absolute atomic E-state index is 0.0139. The van der Waals surface area contributed by atoms with Crippen molar-refractivity contribution in [1.82, 2.24) is 0 Å². The summed E-state index contributed by atoms with van der Waals surface area (Å²) in [4.78, 5) is 0. The summed E-state index contributed by atoms with van der Waals surface area (Å²) >= 11 is 1.90. The third-order valence-electron chi connectivity index (χ3n) is 2.18. The molecule has 0 aromatic heterocycles. The summed E-state index contributed by atoms with van der Waals surface area (Å²) in [7, 11) is 0. The van der Waals surface area contributed by atoms with Gasteiger partial charge in [0.15, 0.2) is 0 Å². The molecule has 0 aromatic carbocycles. The first-order valence-corrected chi connectivity index (χ1v) is 5.32. The summed E-state index contributed by atoms with van der Waals surface area (Å²) in [6.45, 7) is 0. The van der Waals surface area contributed by atoms with Crippen LogP contribution in [-0.2, 0) is 0 Å². The number of aliphatic hydroxyl groups is 1. The van der Waals surface area contributed by atoms with E-state index in [1.54, 1.807) is 0 Å². The van der Waals surface area contributed by atoms with E-state index in [9.17, 15) is 5.11 Å². The second kappa shape index (κ2) is 4.24. The lowest BCUT2D eigenvalue weighted by Crippen LogP contribution is -2.11. The Labute approximate surface area is 67.2 Å². The van der Waals surface area contributed by atoms with Gasteiger partial charge in [-0.1, -0.05) is 12.8 Å². The van der Waals surface area contributed by atoms with Crippen molar-refractivity contribution in [2.75, 3.05) is 6.26 Å². The lowest BCUT2D eigenvalue weighted by molar-refractivity contribution is 0.159. The van der Waals surface area contributed by atoms with Gasteiger partial charge in [-0.3, -0.25) is 0 Å². The molecule has 0 spiro atoms. The van der Waals surface area contributed by atoms with Crippen molar-refractivity contribution >= 4 is 11.8 Å². The second-order valence-corrected chi connectivity index (χ2v) is 4.17. The maximum Gasteiger partial charge on any atom is 0.0550 e. The number of hydrogen-bond acceptors (Lipinski definition) is 2. The van der Waals surface area contributed by atoms with Crippen molar-refractivity contribution in [2.24, 2.45) is 0 Å². The Morgan fingerprint density at radius 2 is 2.00 bits per heavy atom. The molecular weight excluding hydrogens is 144 g/mol. The Morgan fingerprint density at radius 1 is 1.30 bits per heavy atom. The minimum atomic E-state index is -0.0139. The SMILES string of the molecule is CSC1CCCCC(O)C1.